The van der Waals surface area contributed by atoms with E-state index in [0.717, 1.165) is 10.2 Å². The van der Waals surface area contributed by atoms with E-state index in [2.05, 4.69) is 26.2 Å². The molecule has 4 nitrogen and oxygen atoms in total. The highest BCUT2D eigenvalue weighted by molar-refractivity contribution is 9.10. The van der Waals surface area contributed by atoms with Gasteiger partial charge in [0, 0.05) is 11.5 Å². The molecule has 0 unspecified atom stereocenters. The maximum Gasteiger partial charge on any atom is 0.139 e. The van der Waals surface area contributed by atoms with Gasteiger partial charge in [0.05, 0.1) is 11.2 Å². The normalized spacial score (nSPS) is 10.4. The molecule has 0 amide bonds. The minimum Gasteiger partial charge on any atom is -0.486 e. The van der Waals surface area contributed by atoms with Crippen molar-refractivity contribution >= 4 is 27.5 Å². The van der Waals surface area contributed by atoms with E-state index in [4.69, 9.17) is 16.3 Å². The minimum atomic E-state index is 0.351. The number of hydrogen-bond acceptors (Lipinski definition) is 3. The van der Waals surface area contributed by atoms with Crippen molar-refractivity contribution in [3.8, 4) is 5.75 Å². The van der Waals surface area contributed by atoms with Crippen LogP contribution in [0.3, 0.4) is 0 Å². The lowest BCUT2D eigenvalue weighted by Gasteiger charge is -2.06. The van der Waals surface area contributed by atoms with Crippen LogP contribution in [0.5, 0.6) is 5.75 Å². The first-order valence-electron chi connectivity index (χ1n) is 4.58. The molecule has 0 spiro atoms. The van der Waals surface area contributed by atoms with E-state index >= 15 is 0 Å². The Bertz CT molecular complexity index is 501. The molecule has 0 bridgehead atoms. The second-order valence-electron chi connectivity index (χ2n) is 3.25. The zero-order valence-corrected chi connectivity index (χ0v) is 10.9. The van der Waals surface area contributed by atoms with Gasteiger partial charge in [-0.15, -0.1) is 5.10 Å². The van der Waals surface area contributed by atoms with Crippen LogP contribution in [0, 0.1) is 0 Å². The van der Waals surface area contributed by atoms with Gasteiger partial charge in [0.1, 0.15) is 18.1 Å². The monoisotopic (exact) mass is 301 g/mol. The number of ether oxygens (including phenoxy) is 1. The van der Waals surface area contributed by atoms with Crippen molar-refractivity contribution in [2.45, 2.75) is 6.61 Å². The average Bonchev–Trinajstić information content (AvgIpc) is 2.66. The Balaban J connectivity index is 2.07. The average molecular weight is 303 g/mol. The molecule has 0 N–H and O–H groups in total. The molecule has 0 aliphatic carbocycles. The standard InChI is InChI=1S/C10H9BrClN3O/c1-15-5-8(13-14-15)6-16-10-4-7(11)2-3-9(10)12/h2-5H,6H2,1H3. The van der Waals surface area contributed by atoms with Crippen molar-refractivity contribution in [3.63, 3.8) is 0 Å². The lowest BCUT2D eigenvalue weighted by atomic mass is 10.3. The third kappa shape index (κ3) is 2.74. The number of aromatic nitrogens is 3. The summed E-state index contributed by atoms with van der Waals surface area (Å²) in [5.41, 5.74) is 0.763. The minimum absolute atomic E-state index is 0.351. The third-order valence-corrected chi connectivity index (χ3v) is 2.72. The molecule has 2 rings (SSSR count). The first-order valence-corrected chi connectivity index (χ1v) is 5.75. The van der Waals surface area contributed by atoms with E-state index in [1.54, 1.807) is 16.9 Å². The predicted octanol–water partition coefficient (Wildman–Crippen LogP) is 2.81. The van der Waals surface area contributed by atoms with Crippen molar-refractivity contribution in [1.82, 2.24) is 15.0 Å². The molecule has 0 radical (unpaired) electrons. The van der Waals surface area contributed by atoms with Crippen LogP contribution in [0.1, 0.15) is 5.69 Å². The Kier molecular flexibility index (Phi) is 3.46. The fourth-order valence-electron chi connectivity index (χ4n) is 1.20. The zero-order chi connectivity index (χ0) is 11.5. The molecule has 1 aromatic heterocycles. The van der Waals surface area contributed by atoms with Gasteiger partial charge < -0.3 is 4.74 Å². The molecule has 0 saturated heterocycles. The summed E-state index contributed by atoms with van der Waals surface area (Å²) < 4.78 is 8.09. The summed E-state index contributed by atoms with van der Waals surface area (Å²) in [5, 5.41) is 8.31. The molecule has 6 heteroatoms. The van der Waals surface area contributed by atoms with Crippen molar-refractivity contribution in [2.24, 2.45) is 7.05 Å². The highest BCUT2D eigenvalue weighted by Gasteiger charge is 2.04. The molecule has 16 heavy (non-hydrogen) atoms. The highest BCUT2D eigenvalue weighted by Crippen LogP contribution is 2.28. The second-order valence-corrected chi connectivity index (χ2v) is 4.57. The quantitative estimate of drug-likeness (QED) is 0.875. The topological polar surface area (TPSA) is 39.9 Å². The van der Waals surface area contributed by atoms with Crippen LogP contribution in [-0.4, -0.2) is 15.0 Å². The van der Waals surface area contributed by atoms with Gasteiger partial charge >= 0.3 is 0 Å². The maximum absolute atomic E-state index is 5.98. The third-order valence-electron chi connectivity index (χ3n) is 1.92. The zero-order valence-electron chi connectivity index (χ0n) is 8.52. The lowest BCUT2D eigenvalue weighted by molar-refractivity contribution is 0.301. The Morgan fingerprint density at radius 2 is 2.31 bits per heavy atom. The number of hydrogen-bond donors (Lipinski definition) is 0. The molecule has 1 heterocycles. The molecular weight excluding hydrogens is 293 g/mol. The van der Waals surface area contributed by atoms with Gasteiger partial charge in [0.15, 0.2) is 0 Å². The summed E-state index contributed by atoms with van der Waals surface area (Å²) in [6.45, 7) is 0.351. The number of rotatable bonds is 3. The van der Waals surface area contributed by atoms with Crippen LogP contribution < -0.4 is 4.74 Å². The van der Waals surface area contributed by atoms with Crippen molar-refractivity contribution in [3.05, 3.63) is 39.6 Å². The van der Waals surface area contributed by atoms with Crippen LogP contribution in [-0.2, 0) is 13.7 Å². The Hall–Kier alpha value is -1.07. The van der Waals surface area contributed by atoms with Gasteiger partial charge in [-0.3, -0.25) is 4.68 Å². The lowest BCUT2D eigenvalue weighted by Crippen LogP contribution is -1.96. The molecule has 2 aromatic rings. The van der Waals surface area contributed by atoms with E-state index in [0.29, 0.717) is 17.4 Å². The first kappa shape index (κ1) is 11.4. The van der Waals surface area contributed by atoms with Crippen LogP contribution in [0.15, 0.2) is 28.9 Å². The summed E-state index contributed by atoms with van der Waals surface area (Å²) >= 11 is 9.34. The molecule has 0 atom stereocenters. The molecule has 0 fully saturated rings. The summed E-state index contributed by atoms with van der Waals surface area (Å²) in [6.07, 6.45) is 1.80. The molecule has 84 valence electrons. The van der Waals surface area contributed by atoms with E-state index in [1.807, 2.05) is 19.2 Å². The predicted molar refractivity (Wildman–Crippen MR) is 64.5 cm³/mol. The van der Waals surface area contributed by atoms with Crippen molar-refractivity contribution in [1.29, 1.82) is 0 Å². The Morgan fingerprint density at radius 3 is 3.00 bits per heavy atom. The molecular formula is C10H9BrClN3O. The number of halogens is 2. The number of aryl methyl sites for hydroxylation is 1. The second kappa shape index (κ2) is 4.84. The number of benzene rings is 1. The van der Waals surface area contributed by atoms with Gasteiger partial charge in [0.2, 0.25) is 0 Å². The van der Waals surface area contributed by atoms with Crippen LogP contribution >= 0.6 is 27.5 Å². The van der Waals surface area contributed by atoms with Crippen LogP contribution in [0.2, 0.25) is 5.02 Å². The van der Waals surface area contributed by atoms with E-state index < -0.39 is 0 Å². The van der Waals surface area contributed by atoms with E-state index in [9.17, 15) is 0 Å². The van der Waals surface area contributed by atoms with Gasteiger partial charge in [-0.2, -0.15) is 0 Å². The molecule has 0 aliphatic heterocycles. The molecule has 0 saturated carbocycles. The fraction of sp³-hybridized carbons (Fsp3) is 0.200. The number of nitrogens with zero attached hydrogens (tertiary/aromatic N) is 3. The largest absolute Gasteiger partial charge is 0.486 e. The SMILES string of the molecule is Cn1cc(COc2cc(Br)ccc2Cl)nn1. The first-order chi connectivity index (χ1) is 7.65. The summed E-state index contributed by atoms with van der Waals surface area (Å²) in [6, 6.07) is 5.45. The van der Waals surface area contributed by atoms with Gasteiger partial charge in [-0.1, -0.05) is 32.7 Å². The van der Waals surface area contributed by atoms with Crippen LogP contribution in [0.25, 0.3) is 0 Å². The molecule has 0 aliphatic rings. The molecule has 1 aromatic carbocycles. The van der Waals surface area contributed by atoms with E-state index in [-0.39, 0.29) is 0 Å². The fourth-order valence-corrected chi connectivity index (χ4v) is 1.71. The summed E-state index contributed by atoms with van der Waals surface area (Å²) in [7, 11) is 1.81. The van der Waals surface area contributed by atoms with Gasteiger partial charge in [0.25, 0.3) is 0 Å². The van der Waals surface area contributed by atoms with Crippen molar-refractivity contribution in [2.75, 3.05) is 0 Å². The van der Waals surface area contributed by atoms with Gasteiger partial charge in [-0.25, -0.2) is 0 Å². The summed E-state index contributed by atoms with van der Waals surface area (Å²) in [4.78, 5) is 0. The van der Waals surface area contributed by atoms with Gasteiger partial charge in [-0.05, 0) is 18.2 Å². The Morgan fingerprint density at radius 1 is 1.50 bits per heavy atom. The van der Waals surface area contributed by atoms with E-state index in [1.165, 1.54) is 0 Å². The van der Waals surface area contributed by atoms with Crippen LogP contribution in [0.4, 0.5) is 0 Å². The smallest absolute Gasteiger partial charge is 0.139 e. The Labute approximate surface area is 106 Å². The van der Waals surface area contributed by atoms with Crippen molar-refractivity contribution < 1.29 is 4.74 Å². The maximum atomic E-state index is 5.98. The highest BCUT2D eigenvalue weighted by atomic mass is 79.9. The summed E-state index contributed by atoms with van der Waals surface area (Å²) in [5.74, 6) is 0.627.